The van der Waals surface area contributed by atoms with Gasteiger partial charge in [0.25, 0.3) is 0 Å². The molecule has 1 atom stereocenters. The van der Waals surface area contributed by atoms with Crippen LogP contribution in [0.25, 0.3) is 0 Å². The molecule has 0 aromatic carbocycles. The summed E-state index contributed by atoms with van der Waals surface area (Å²) in [5.74, 6) is -0.115. The summed E-state index contributed by atoms with van der Waals surface area (Å²) in [6, 6.07) is 0. The number of carbonyl (C=O) groups is 1. The Kier molecular flexibility index (Phi) is 2.65. The maximum absolute atomic E-state index is 11.1. The number of ether oxygens (including phenoxy) is 2. The van der Waals surface area contributed by atoms with Crippen LogP contribution in [-0.2, 0) is 14.3 Å². The van der Waals surface area contributed by atoms with Gasteiger partial charge in [0.05, 0.1) is 12.2 Å². The van der Waals surface area contributed by atoms with Gasteiger partial charge in [0.15, 0.2) is 0 Å². The molecule has 0 radical (unpaired) electrons. The number of ketones is 1. The fourth-order valence-electron chi connectivity index (χ4n) is 0.881. The molecule has 0 spiro atoms. The van der Waals surface area contributed by atoms with Crippen molar-refractivity contribution in [3.8, 4) is 0 Å². The summed E-state index contributed by atoms with van der Waals surface area (Å²) < 4.78 is 10.5. The third-order valence-corrected chi connectivity index (χ3v) is 1.32. The van der Waals surface area contributed by atoms with Crippen LogP contribution in [0, 0.1) is 0 Å². The fourth-order valence-corrected chi connectivity index (χ4v) is 0.881. The molecule has 0 saturated heterocycles. The highest BCUT2D eigenvalue weighted by atomic mass is 16.7. The summed E-state index contributed by atoms with van der Waals surface area (Å²) in [6.45, 7) is 6.12. The minimum Gasteiger partial charge on any atom is -0.342 e. The van der Waals surface area contributed by atoms with E-state index in [4.69, 9.17) is 9.47 Å². The van der Waals surface area contributed by atoms with E-state index in [1.165, 1.54) is 6.08 Å². The standard InChI is InChI=1S/C9H14O3/c1-9(2,3)12-8-7(10)5-4-6-11-8/h4-5,8H,6H2,1-3H3. The van der Waals surface area contributed by atoms with Gasteiger partial charge in [-0.25, -0.2) is 0 Å². The second-order valence-corrected chi connectivity index (χ2v) is 3.70. The average Bonchev–Trinajstić information content (AvgIpc) is 1.91. The van der Waals surface area contributed by atoms with Gasteiger partial charge < -0.3 is 9.47 Å². The second-order valence-electron chi connectivity index (χ2n) is 3.70. The van der Waals surface area contributed by atoms with E-state index in [-0.39, 0.29) is 11.4 Å². The Balaban J connectivity index is 2.53. The smallest absolute Gasteiger partial charge is 0.222 e. The first-order valence-electron chi connectivity index (χ1n) is 3.99. The van der Waals surface area contributed by atoms with Gasteiger partial charge in [0.1, 0.15) is 0 Å². The molecule has 0 aromatic heterocycles. The van der Waals surface area contributed by atoms with Gasteiger partial charge >= 0.3 is 0 Å². The Bertz CT molecular complexity index is 200. The zero-order valence-corrected chi connectivity index (χ0v) is 7.66. The predicted octanol–water partition coefficient (Wildman–Crippen LogP) is 1.28. The molecule has 0 bridgehead atoms. The highest BCUT2D eigenvalue weighted by molar-refractivity contribution is 5.93. The highest BCUT2D eigenvalue weighted by Crippen LogP contribution is 2.14. The highest BCUT2D eigenvalue weighted by Gasteiger charge is 2.25. The molecule has 3 nitrogen and oxygen atoms in total. The van der Waals surface area contributed by atoms with Crippen molar-refractivity contribution >= 4 is 5.78 Å². The van der Waals surface area contributed by atoms with E-state index in [2.05, 4.69) is 0 Å². The lowest BCUT2D eigenvalue weighted by molar-refractivity contribution is -0.194. The topological polar surface area (TPSA) is 35.5 Å². The first-order valence-corrected chi connectivity index (χ1v) is 3.99. The van der Waals surface area contributed by atoms with Crippen molar-refractivity contribution in [2.45, 2.75) is 32.7 Å². The molecule has 1 rings (SSSR count). The van der Waals surface area contributed by atoms with E-state index in [0.29, 0.717) is 6.61 Å². The molecule has 1 aliphatic rings. The van der Waals surface area contributed by atoms with E-state index >= 15 is 0 Å². The summed E-state index contributed by atoms with van der Waals surface area (Å²) >= 11 is 0. The van der Waals surface area contributed by atoms with Gasteiger partial charge in [-0.3, -0.25) is 4.79 Å². The first-order chi connectivity index (χ1) is 5.49. The number of hydrogen-bond acceptors (Lipinski definition) is 3. The zero-order chi connectivity index (χ0) is 9.19. The van der Waals surface area contributed by atoms with Crippen molar-refractivity contribution < 1.29 is 14.3 Å². The van der Waals surface area contributed by atoms with Crippen molar-refractivity contribution in [1.82, 2.24) is 0 Å². The maximum atomic E-state index is 11.1. The molecule has 0 saturated carbocycles. The lowest BCUT2D eigenvalue weighted by Gasteiger charge is -2.26. The van der Waals surface area contributed by atoms with Gasteiger partial charge in [-0.1, -0.05) is 6.08 Å². The van der Waals surface area contributed by atoms with Crippen LogP contribution in [0.5, 0.6) is 0 Å². The van der Waals surface area contributed by atoms with E-state index < -0.39 is 6.29 Å². The van der Waals surface area contributed by atoms with Crippen molar-refractivity contribution in [2.24, 2.45) is 0 Å². The largest absolute Gasteiger partial charge is 0.342 e. The van der Waals surface area contributed by atoms with Crippen LogP contribution >= 0.6 is 0 Å². The van der Waals surface area contributed by atoms with Crippen LogP contribution < -0.4 is 0 Å². The van der Waals surface area contributed by atoms with Crippen molar-refractivity contribution in [3.05, 3.63) is 12.2 Å². The van der Waals surface area contributed by atoms with E-state index in [1.807, 2.05) is 20.8 Å². The first kappa shape index (κ1) is 9.42. The molecule has 1 unspecified atom stereocenters. The van der Waals surface area contributed by atoms with E-state index in [1.54, 1.807) is 6.08 Å². The zero-order valence-electron chi connectivity index (χ0n) is 7.66. The molecule has 1 aliphatic heterocycles. The van der Waals surface area contributed by atoms with Crippen molar-refractivity contribution in [1.29, 1.82) is 0 Å². The number of hydrogen-bond donors (Lipinski definition) is 0. The van der Waals surface area contributed by atoms with Crippen LogP contribution in [0.4, 0.5) is 0 Å². The Morgan fingerprint density at radius 2 is 2.25 bits per heavy atom. The monoisotopic (exact) mass is 170 g/mol. The second kappa shape index (κ2) is 3.37. The van der Waals surface area contributed by atoms with Crippen LogP contribution in [0.1, 0.15) is 20.8 Å². The third kappa shape index (κ3) is 2.75. The predicted molar refractivity (Wildman–Crippen MR) is 44.7 cm³/mol. The molecular weight excluding hydrogens is 156 g/mol. The lowest BCUT2D eigenvalue weighted by atomic mass is 10.2. The quantitative estimate of drug-likeness (QED) is 0.594. The summed E-state index contributed by atoms with van der Waals surface area (Å²) in [5, 5.41) is 0. The normalized spacial score (nSPS) is 24.6. The van der Waals surface area contributed by atoms with Crippen LogP contribution in [-0.4, -0.2) is 24.3 Å². The molecule has 3 heteroatoms. The van der Waals surface area contributed by atoms with Crippen molar-refractivity contribution in [3.63, 3.8) is 0 Å². The van der Waals surface area contributed by atoms with Crippen molar-refractivity contribution in [2.75, 3.05) is 6.61 Å². The Morgan fingerprint density at radius 1 is 1.58 bits per heavy atom. The number of rotatable bonds is 1. The summed E-state index contributed by atoms with van der Waals surface area (Å²) in [4.78, 5) is 11.1. The molecule has 0 N–H and O–H groups in total. The van der Waals surface area contributed by atoms with Gasteiger partial charge in [-0.2, -0.15) is 0 Å². The molecule has 12 heavy (non-hydrogen) atoms. The van der Waals surface area contributed by atoms with Gasteiger partial charge in [0, 0.05) is 0 Å². The van der Waals surface area contributed by atoms with Gasteiger partial charge in [-0.05, 0) is 26.8 Å². The average molecular weight is 170 g/mol. The third-order valence-electron chi connectivity index (χ3n) is 1.32. The Morgan fingerprint density at radius 3 is 2.75 bits per heavy atom. The molecular formula is C9H14O3. The molecule has 0 fully saturated rings. The fraction of sp³-hybridized carbons (Fsp3) is 0.667. The summed E-state index contributed by atoms with van der Waals surface area (Å²) in [5.41, 5.74) is -0.342. The van der Waals surface area contributed by atoms with E-state index in [9.17, 15) is 4.79 Å². The van der Waals surface area contributed by atoms with Gasteiger partial charge in [-0.15, -0.1) is 0 Å². The Labute approximate surface area is 72.4 Å². The lowest BCUT2D eigenvalue weighted by Crippen LogP contribution is -2.36. The molecule has 0 aromatic rings. The number of carbonyl (C=O) groups excluding carboxylic acids is 1. The summed E-state index contributed by atoms with van der Waals surface area (Å²) in [7, 11) is 0. The van der Waals surface area contributed by atoms with Crippen LogP contribution in [0.3, 0.4) is 0 Å². The van der Waals surface area contributed by atoms with E-state index in [0.717, 1.165) is 0 Å². The summed E-state index contributed by atoms with van der Waals surface area (Å²) in [6.07, 6.45) is 2.47. The minimum atomic E-state index is -0.713. The minimum absolute atomic E-state index is 0.115. The maximum Gasteiger partial charge on any atom is 0.222 e. The molecule has 1 heterocycles. The van der Waals surface area contributed by atoms with Crippen LogP contribution in [0.2, 0.25) is 0 Å². The molecule has 68 valence electrons. The van der Waals surface area contributed by atoms with Gasteiger partial charge in [0.2, 0.25) is 12.1 Å². The SMILES string of the molecule is CC(C)(C)OC1OCC=CC1=O. The van der Waals surface area contributed by atoms with Crippen LogP contribution in [0.15, 0.2) is 12.2 Å². The Hall–Kier alpha value is -0.670. The molecule has 0 amide bonds. The molecule has 0 aliphatic carbocycles.